The fraction of sp³-hybridized carbons (Fsp3) is 0.632. The van der Waals surface area contributed by atoms with E-state index in [9.17, 15) is 22.4 Å². The minimum Gasteiger partial charge on any atom is -0.399 e. The summed E-state index contributed by atoms with van der Waals surface area (Å²) in [6.07, 6.45) is -3.78. The maximum atomic E-state index is 14.2. The summed E-state index contributed by atoms with van der Waals surface area (Å²) in [6.45, 7) is 7.32. The van der Waals surface area contributed by atoms with Gasteiger partial charge in [-0.3, -0.25) is 4.79 Å². The Hall–Kier alpha value is -1.61. The molecular formula is C19H24BF4NO3. The highest BCUT2D eigenvalue weighted by molar-refractivity contribution is 6.62. The number of rotatable bonds is 2. The largest absolute Gasteiger partial charge is 0.494 e. The smallest absolute Gasteiger partial charge is 0.399 e. The first-order valence-corrected chi connectivity index (χ1v) is 9.36. The van der Waals surface area contributed by atoms with E-state index in [2.05, 4.69) is 0 Å². The van der Waals surface area contributed by atoms with Crippen LogP contribution in [0.15, 0.2) is 18.2 Å². The molecule has 2 heterocycles. The van der Waals surface area contributed by atoms with Crippen molar-refractivity contribution in [3.8, 4) is 0 Å². The number of carbonyl (C=O) groups excluding carboxylic acids is 1. The number of amides is 1. The number of benzene rings is 1. The summed E-state index contributed by atoms with van der Waals surface area (Å²) in [6, 6.07) is 1.64. The van der Waals surface area contributed by atoms with Gasteiger partial charge in [-0.05, 0) is 70.6 Å². The molecule has 1 atom stereocenters. The molecule has 28 heavy (non-hydrogen) atoms. The van der Waals surface area contributed by atoms with Crippen molar-refractivity contribution < 1.29 is 31.7 Å². The predicted molar refractivity (Wildman–Crippen MR) is 96.8 cm³/mol. The van der Waals surface area contributed by atoms with Crippen LogP contribution in [-0.4, -0.2) is 47.9 Å². The highest BCUT2D eigenvalue weighted by Crippen LogP contribution is 2.37. The van der Waals surface area contributed by atoms with E-state index in [0.717, 1.165) is 11.0 Å². The lowest BCUT2D eigenvalue weighted by molar-refractivity contribution is -0.183. The maximum Gasteiger partial charge on any atom is 0.494 e. The lowest BCUT2D eigenvalue weighted by atomic mass is 9.78. The van der Waals surface area contributed by atoms with E-state index in [1.165, 1.54) is 12.1 Å². The van der Waals surface area contributed by atoms with Crippen molar-refractivity contribution >= 4 is 18.5 Å². The number of likely N-dealkylation sites (tertiary alicyclic amines) is 1. The van der Waals surface area contributed by atoms with Crippen LogP contribution in [0.4, 0.5) is 17.6 Å². The Kier molecular flexibility index (Phi) is 5.29. The van der Waals surface area contributed by atoms with E-state index in [1.54, 1.807) is 0 Å². The van der Waals surface area contributed by atoms with Gasteiger partial charge in [-0.15, -0.1) is 0 Å². The van der Waals surface area contributed by atoms with Gasteiger partial charge in [0.1, 0.15) is 11.9 Å². The molecule has 0 spiro atoms. The highest BCUT2D eigenvalue weighted by Gasteiger charge is 2.52. The molecule has 4 nitrogen and oxygen atoms in total. The number of nitrogens with zero attached hydrogens (tertiary/aromatic N) is 1. The Morgan fingerprint density at radius 3 is 2.29 bits per heavy atom. The molecule has 154 valence electrons. The van der Waals surface area contributed by atoms with E-state index in [1.807, 2.05) is 27.7 Å². The van der Waals surface area contributed by atoms with Gasteiger partial charge in [0.25, 0.3) is 5.91 Å². The quantitative estimate of drug-likeness (QED) is 0.561. The molecule has 0 radical (unpaired) electrons. The monoisotopic (exact) mass is 401 g/mol. The molecule has 3 rings (SSSR count). The van der Waals surface area contributed by atoms with Crippen LogP contribution in [0.25, 0.3) is 0 Å². The molecule has 0 aromatic heterocycles. The van der Waals surface area contributed by atoms with Gasteiger partial charge in [-0.2, -0.15) is 13.2 Å². The van der Waals surface area contributed by atoms with Gasteiger partial charge in [0.05, 0.1) is 11.2 Å². The van der Waals surface area contributed by atoms with Crippen LogP contribution in [-0.2, 0) is 9.31 Å². The van der Waals surface area contributed by atoms with E-state index in [-0.39, 0.29) is 24.0 Å². The van der Waals surface area contributed by atoms with Crippen LogP contribution in [0.2, 0.25) is 0 Å². The molecule has 1 aromatic rings. The topological polar surface area (TPSA) is 38.8 Å². The van der Waals surface area contributed by atoms with Gasteiger partial charge in [0.2, 0.25) is 0 Å². The second kappa shape index (κ2) is 7.02. The minimum atomic E-state index is -4.52. The number of carbonyl (C=O) groups is 1. The van der Waals surface area contributed by atoms with Crippen LogP contribution in [0.3, 0.4) is 0 Å². The fourth-order valence-electron chi connectivity index (χ4n) is 3.53. The van der Waals surface area contributed by atoms with Crippen molar-refractivity contribution in [2.24, 2.45) is 0 Å². The molecule has 2 saturated heterocycles. The van der Waals surface area contributed by atoms with Crippen molar-refractivity contribution in [3.63, 3.8) is 0 Å². The lowest BCUT2D eigenvalue weighted by Gasteiger charge is -2.36. The van der Waals surface area contributed by atoms with E-state index < -0.39 is 42.3 Å². The van der Waals surface area contributed by atoms with Gasteiger partial charge in [0.15, 0.2) is 0 Å². The van der Waals surface area contributed by atoms with Crippen molar-refractivity contribution in [3.05, 3.63) is 29.6 Å². The summed E-state index contributed by atoms with van der Waals surface area (Å²) in [5.74, 6) is -1.56. The average Bonchev–Trinajstić information content (AvgIpc) is 2.81. The van der Waals surface area contributed by atoms with Crippen LogP contribution < -0.4 is 5.46 Å². The number of halogens is 4. The number of piperidine rings is 1. The van der Waals surface area contributed by atoms with E-state index in [0.29, 0.717) is 12.8 Å². The van der Waals surface area contributed by atoms with Crippen LogP contribution >= 0.6 is 0 Å². The van der Waals surface area contributed by atoms with Crippen molar-refractivity contribution in [2.45, 2.75) is 70.4 Å². The summed E-state index contributed by atoms with van der Waals surface area (Å²) in [7, 11) is -0.910. The molecule has 1 aromatic carbocycles. The normalized spacial score (nSPS) is 24.5. The predicted octanol–water partition coefficient (Wildman–Crippen LogP) is 3.68. The third-order valence-corrected chi connectivity index (χ3v) is 5.83. The third kappa shape index (κ3) is 3.92. The Morgan fingerprint density at radius 2 is 1.71 bits per heavy atom. The molecule has 0 aliphatic carbocycles. The molecule has 1 amide bonds. The Labute approximate surface area is 162 Å². The van der Waals surface area contributed by atoms with Gasteiger partial charge < -0.3 is 14.2 Å². The fourth-order valence-corrected chi connectivity index (χ4v) is 3.53. The molecule has 2 fully saturated rings. The van der Waals surface area contributed by atoms with E-state index in [4.69, 9.17) is 9.31 Å². The first-order valence-electron chi connectivity index (χ1n) is 9.36. The second-order valence-corrected chi connectivity index (χ2v) is 8.41. The number of alkyl halides is 3. The van der Waals surface area contributed by atoms with Gasteiger partial charge in [0, 0.05) is 12.1 Å². The summed E-state index contributed by atoms with van der Waals surface area (Å²) < 4.78 is 66.0. The molecule has 2 aliphatic rings. The molecule has 1 unspecified atom stereocenters. The minimum absolute atomic E-state index is 0.00858. The lowest BCUT2D eigenvalue weighted by Crippen LogP contribution is -2.51. The average molecular weight is 401 g/mol. The number of hydrogen-bond acceptors (Lipinski definition) is 3. The third-order valence-electron chi connectivity index (χ3n) is 5.83. The summed E-state index contributed by atoms with van der Waals surface area (Å²) in [4.78, 5) is 13.6. The standard InChI is InChI=1S/C19H24BF4NO3/c1-17(2)18(3,4)28-20(27-17)13-9-12(10-14(21)11-13)16(26)25-8-6-5-7-15(25)19(22,23)24/h9-11,15H,5-8H2,1-4H3. The summed E-state index contributed by atoms with van der Waals surface area (Å²) in [5.41, 5.74) is -1.20. The summed E-state index contributed by atoms with van der Waals surface area (Å²) in [5, 5.41) is 0. The SMILES string of the molecule is CC1(C)OB(c2cc(F)cc(C(=O)N3CCCCC3C(F)(F)F)c2)OC1(C)C. The first kappa shape index (κ1) is 21.1. The summed E-state index contributed by atoms with van der Waals surface area (Å²) >= 11 is 0. The zero-order valence-corrected chi connectivity index (χ0v) is 16.4. The van der Waals surface area contributed by atoms with Crippen molar-refractivity contribution in [1.82, 2.24) is 4.90 Å². The van der Waals surface area contributed by atoms with Crippen LogP contribution in [0, 0.1) is 5.82 Å². The van der Waals surface area contributed by atoms with Crippen LogP contribution in [0.1, 0.15) is 57.3 Å². The van der Waals surface area contributed by atoms with Gasteiger partial charge >= 0.3 is 13.3 Å². The second-order valence-electron chi connectivity index (χ2n) is 8.41. The Balaban J connectivity index is 1.90. The molecule has 0 N–H and O–H groups in total. The molecule has 2 aliphatic heterocycles. The van der Waals surface area contributed by atoms with Crippen molar-refractivity contribution in [1.29, 1.82) is 0 Å². The Morgan fingerprint density at radius 1 is 1.11 bits per heavy atom. The molecule has 9 heteroatoms. The maximum absolute atomic E-state index is 14.2. The molecule has 0 bridgehead atoms. The van der Waals surface area contributed by atoms with Crippen molar-refractivity contribution in [2.75, 3.05) is 6.54 Å². The zero-order valence-electron chi connectivity index (χ0n) is 16.4. The van der Waals surface area contributed by atoms with Crippen LogP contribution in [0.5, 0.6) is 0 Å². The molecule has 0 saturated carbocycles. The van der Waals surface area contributed by atoms with E-state index >= 15 is 0 Å². The first-order chi connectivity index (χ1) is 12.8. The Bertz CT molecular complexity index is 750. The van der Waals surface area contributed by atoms with Gasteiger partial charge in [-0.25, -0.2) is 4.39 Å². The highest BCUT2D eigenvalue weighted by atomic mass is 19.4. The molecular weight excluding hydrogens is 377 g/mol. The number of hydrogen-bond donors (Lipinski definition) is 0. The zero-order chi connectivity index (χ0) is 20.9. The van der Waals surface area contributed by atoms with Gasteiger partial charge in [-0.1, -0.05) is 0 Å².